The summed E-state index contributed by atoms with van der Waals surface area (Å²) < 4.78 is 13.1. The van der Waals surface area contributed by atoms with E-state index in [4.69, 9.17) is 0 Å². The molecule has 0 N–H and O–H groups in total. The third kappa shape index (κ3) is 1.92. The van der Waals surface area contributed by atoms with Gasteiger partial charge in [-0.25, -0.2) is 0 Å². The van der Waals surface area contributed by atoms with Gasteiger partial charge in [0, 0.05) is 17.7 Å². The quantitative estimate of drug-likeness (QED) is 0.793. The summed E-state index contributed by atoms with van der Waals surface area (Å²) in [7, 11) is 4.01. The summed E-state index contributed by atoms with van der Waals surface area (Å²) in [5.41, 5.74) is -0.136. The van der Waals surface area contributed by atoms with Crippen LogP contribution < -0.4 is 0 Å². The second-order valence-corrected chi connectivity index (χ2v) is 5.60. The third-order valence-electron chi connectivity index (χ3n) is 3.52. The molecule has 0 aromatic carbocycles. The van der Waals surface area contributed by atoms with Crippen LogP contribution in [0.25, 0.3) is 0 Å². The van der Waals surface area contributed by atoms with E-state index in [1.54, 1.807) is 0 Å². The van der Waals surface area contributed by atoms with Gasteiger partial charge in [0.25, 0.3) is 0 Å². The number of Topliss-reactive ketones (excluding diaryl/α,β-unsaturated/α-hetero) is 1. The van der Waals surface area contributed by atoms with Crippen molar-refractivity contribution >= 4 is 17.1 Å². The first-order chi connectivity index (χ1) is 7.54. The van der Waals surface area contributed by atoms with E-state index in [0.29, 0.717) is 18.6 Å². The third-order valence-corrected chi connectivity index (χ3v) is 4.59. The molecule has 0 bridgehead atoms. The Morgan fingerprint density at radius 2 is 1.94 bits per heavy atom. The number of carbonyl (C=O) groups excluding carboxylic acids is 1. The topological polar surface area (TPSA) is 20.3 Å². The number of halogens is 1. The van der Waals surface area contributed by atoms with Gasteiger partial charge in [0.15, 0.2) is 5.13 Å². The molecule has 2 nitrogen and oxygen atoms in total. The molecule has 16 heavy (non-hydrogen) atoms. The molecule has 1 heterocycles. The average molecular weight is 241 g/mol. The maximum Gasteiger partial charge on any atom is 0.176 e. The fourth-order valence-electron chi connectivity index (χ4n) is 2.42. The van der Waals surface area contributed by atoms with Crippen molar-refractivity contribution in [2.75, 3.05) is 14.1 Å². The van der Waals surface area contributed by atoms with Crippen LogP contribution in [0.15, 0.2) is 12.1 Å². The summed E-state index contributed by atoms with van der Waals surface area (Å²) in [6.07, 6.45) is 2.83. The van der Waals surface area contributed by atoms with E-state index in [-0.39, 0.29) is 10.7 Å². The van der Waals surface area contributed by atoms with Crippen LogP contribution in [-0.4, -0.2) is 24.8 Å². The lowest BCUT2D eigenvalue weighted by Gasteiger charge is -2.41. The van der Waals surface area contributed by atoms with E-state index in [1.807, 2.05) is 20.2 Å². The molecule has 0 amide bonds. The number of nitrogens with zero attached hydrogens (tertiary/aromatic N) is 1. The van der Waals surface area contributed by atoms with Crippen LogP contribution in [0.1, 0.15) is 30.6 Å². The van der Waals surface area contributed by atoms with Gasteiger partial charge in [-0.1, -0.05) is 0 Å². The van der Waals surface area contributed by atoms with E-state index in [2.05, 4.69) is 4.90 Å². The molecule has 4 heteroatoms. The Labute approximate surface area is 99.1 Å². The van der Waals surface area contributed by atoms with E-state index < -0.39 is 0 Å². The Morgan fingerprint density at radius 1 is 1.31 bits per heavy atom. The van der Waals surface area contributed by atoms with Crippen molar-refractivity contribution < 1.29 is 9.18 Å². The van der Waals surface area contributed by atoms with Crippen molar-refractivity contribution in [2.24, 2.45) is 0 Å². The van der Waals surface area contributed by atoms with Gasteiger partial charge in [-0.2, -0.15) is 4.39 Å². The van der Waals surface area contributed by atoms with E-state index in [0.717, 1.165) is 17.7 Å². The average Bonchev–Trinajstić information content (AvgIpc) is 2.66. The lowest BCUT2D eigenvalue weighted by molar-refractivity contribution is -0.122. The molecule has 0 aliphatic heterocycles. The van der Waals surface area contributed by atoms with Gasteiger partial charge in [-0.3, -0.25) is 9.69 Å². The molecule has 1 aliphatic rings. The second kappa shape index (κ2) is 4.26. The van der Waals surface area contributed by atoms with Crippen LogP contribution in [-0.2, 0) is 10.3 Å². The minimum atomic E-state index is -0.145. The molecule has 88 valence electrons. The van der Waals surface area contributed by atoms with Crippen molar-refractivity contribution in [1.29, 1.82) is 0 Å². The summed E-state index contributed by atoms with van der Waals surface area (Å²) in [4.78, 5) is 14.5. The molecule has 0 saturated heterocycles. The molecule has 1 aliphatic carbocycles. The predicted molar refractivity (Wildman–Crippen MR) is 63.1 cm³/mol. The minimum absolute atomic E-state index is 0.136. The summed E-state index contributed by atoms with van der Waals surface area (Å²) in [6.45, 7) is 0. The largest absolute Gasteiger partial charge is 0.300 e. The van der Waals surface area contributed by atoms with Gasteiger partial charge < -0.3 is 0 Å². The zero-order valence-electron chi connectivity index (χ0n) is 9.62. The summed E-state index contributed by atoms with van der Waals surface area (Å²) in [5.74, 6) is 0.328. The second-order valence-electron chi connectivity index (χ2n) is 4.57. The molecule has 1 fully saturated rings. The van der Waals surface area contributed by atoms with Gasteiger partial charge in [-0.15, -0.1) is 11.3 Å². The number of hydrogen-bond acceptors (Lipinski definition) is 3. The maximum atomic E-state index is 13.1. The molecule has 0 unspecified atom stereocenters. The molecule has 0 spiro atoms. The van der Waals surface area contributed by atoms with Crippen molar-refractivity contribution in [2.45, 2.75) is 31.2 Å². The summed E-state index contributed by atoms with van der Waals surface area (Å²) in [6, 6.07) is 3.37. The molecular formula is C12H16FNOS. The van der Waals surface area contributed by atoms with Crippen LogP contribution in [0.4, 0.5) is 4.39 Å². The molecule has 1 aromatic rings. The number of rotatable bonds is 2. The van der Waals surface area contributed by atoms with Gasteiger partial charge in [0.2, 0.25) is 0 Å². The Morgan fingerprint density at radius 3 is 2.38 bits per heavy atom. The van der Waals surface area contributed by atoms with Crippen LogP contribution >= 0.6 is 11.3 Å². The van der Waals surface area contributed by atoms with Gasteiger partial charge in [0.05, 0.1) is 5.54 Å². The maximum absolute atomic E-state index is 13.1. The minimum Gasteiger partial charge on any atom is -0.300 e. The SMILES string of the molecule is CN(C)C1(c2ccc(F)s2)CCC(=O)CC1. The lowest BCUT2D eigenvalue weighted by Crippen LogP contribution is -2.43. The highest BCUT2D eigenvalue weighted by Crippen LogP contribution is 2.42. The highest BCUT2D eigenvalue weighted by atomic mass is 32.1. The zero-order chi connectivity index (χ0) is 11.8. The van der Waals surface area contributed by atoms with E-state index >= 15 is 0 Å². The predicted octanol–water partition coefficient (Wildman–Crippen LogP) is 2.79. The van der Waals surface area contributed by atoms with Gasteiger partial charge in [0.1, 0.15) is 5.78 Å². The first-order valence-corrected chi connectivity index (χ1v) is 6.31. The van der Waals surface area contributed by atoms with Crippen molar-refractivity contribution in [3.8, 4) is 0 Å². The Hall–Kier alpha value is -0.740. The van der Waals surface area contributed by atoms with E-state index in [9.17, 15) is 9.18 Å². The lowest BCUT2D eigenvalue weighted by atomic mass is 9.79. The zero-order valence-corrected chi connectivity index (χ0v) is 10.4. The normalized spacial score (nSPS) is 20.4. The molecule has 0 radical (unpaired) electrons. The molecule has 2 rings (SSSR count). The highest BCUT2D eigenvalue weighted by Gasteiger charge is 2.39. The first-order valence-electron chi connectivity index (χ1n) is 5.49. The number of thiophene rings is 1. The number of carbonyl (C=O) groups is 1. The Kier molecular flexibility index (Phi) is 3.13. The molecule has 0 atom stereocenters. The highest BCUT2D eigenvalue weighted by molar-refractivity contribution is 7.10. The monoisotopic (exact) mass is 241 g/mol. The number of hydrogen-bond donors (Lipinski definition) is 0. The number of ketones is 1. The molecule has 1 aromatic heterocycles. The fraction of sp³-hybridized carbons (Fsp3) is 0.583. The van der Waals surface area contributed by atoms with E-state index in [1.165, 1.54) is 17.4 Å². The fourth-order valence-corrected chi connectivity index (χ4v) is 3.48. The van der Waals surface area contributed by atoms with Crippen LogP contribution in [0.3, 0.4) is 0 Å². The van der Waals surface area contributed by atoms with Crippen LogP contribution in [0.5, 0.6) is 0 Å². The molecular weight excluding hydrogens is 225 g/mol. The smallest absolute Gasteiger partial charge is 0.176 e. The van der Waals surface area contributed by atoms with Gasteiger partial charge in [-0.05, 0) is 39.1 Å². The van der Waals surface area contributed by atoms with Gasteiger partial charge >= 0.3 is 0 Å². The van der Waals surface area contributed by atoms with Crippen molar-refractivity contribution in [3.63, 3.8) is 0 Å². The Bertz CT molecular complexity index is 389. The summed E-state index contributed by atoms with van der Waals surface area (Å²) in [5, 5.41) is -0.145. The van der Waals surface area contributed by atoms with Crippen molar-refractivity contribution in [3.05, 3.63) is 22.1 Å². The van der Waals surface area contributed by atoms with Crippen molar-refractivity contribution in [1.82, 2.24) is 4.90 Å². The Balaban J connectivity index is 2.33. The van der Waals surface area contributed by atoms with Crippen LogP contribution in [0.2, 0.25) is 0 Å². The first kappa shape index (κ1) is 11.7. The standard InChI is InChI=1S/C12H16FNOS/c1-14(2)12(7-5-9(15)6-8-12)10-3-4-11(13)16-10/h3-4H,5-8H2,1-2H3. The van der Waals surface area contributed by atoms with Crippen LogP contribution in [0, 0.1) is 5.13 Å². The molecule has 1 saturated carbocycles. The summed E-state index contributed by atoms with van der Waals surface area (Å²) >= 11 is 1.20.